The van der Waals surface area contributed by atoms with Crippen molar-refractivity contribution < 1.29 is 22.8 Å². The Hall–Kier alpha value is -3.10. The first-order chi connectivity index (χ1) is 17.7. The fourth-order valence-corrected chi connectivity index (χ4v) is 6.99. The highest BCUT2D eigenvalue weighted by Gasteiger charge is 2.39. The lowest BCUT2D eigenvalue weighted by molar-refractivity contribution is -0.137. The molecule has 0 spiro atoms. The number of thioether (sulfide) groups is 1. The number of ketones is 1. The number of nitrogens with one attached hydrogen (secondary N) is 2. The summed E-state index contributed by atoms with van der Waals surface area (Å²) in [4.78, 5) is 54.2. The van der Waals surface area contributed by atoms with Crippen molar-refractivity contribution in [3.05, 3.63) is 61.1 Å². The van der Waals surface area contributed by atoms with E-state index in [0.717, 1.165) is 39.8 Å². The summed E-state index contributed by atoms with van der Waals surface area (Å²) in [6.45, 7) is 7.52. The molecule has 0 bridgehead atoms. The first-order valence-corrected chi connectivity index (χ1v) is 13.4. The molecule has 1 fully saturated rings. The van der Waals surface area contributed by atoms with Gasteiger partial charge in [-0.3, -0.25) is 29.0 Å². The smallest absolute Gasteiger partial charge is 0.295 e. The van der Waals surface area contributed by atoms with E-state index in [1.165, 1.54) is 28.6 Å². The maximum absolute atomic E-state index is 13.8. The van der Waals surface area contributed by atoms with Crippen LogP contribution in [0.5, 0.6) is 0 Å². The molecule has 0 aliphatic carbocycles. The molecule has 2 aromatic heterocycles. The summed E-state index contributed by atoms with van der Waals surface area (Å²) in [7, 11) is 1.31. The Morgan fingerprint density at radius 1 is 1.13 bits per heavy atom. The molecule has 4 rings (SSSR count). The number of hydrogen-bond acceptors (Lipinski definition) is 7. The molecule has 3 heterocycles. The standard InChI is InChI=1S/C24H26F3N5O4S2/c1-11(2)10-31-20-15(19(34)30(5)23(31)36)17(38-22-29-28-21(35)32(22)12(3)4)18(37-20)16(33)13-8-6-7-9-14(13)24(25,26)27/h6-9,11-12,22,29H,10H2,1-5H3,(H,28,35). The number of hydrazine groups is 1. The second-order valence-electron chi connectivity index (χ2n) is 9.51. The van der Waals surface area contributed by atoms with E-state index in [9.17, 15) is 32.3 Å². The van der Waals surface area contributed by atoms with Crippen molar-refractivity contribution in [2.45, 2.75) is 56.9 Å². The van der Waals surface area contributed by atoms with E-state index < -0.39 is 45.9 Å². The third-order valence-corrected chi connectivity index (χ3v) is 8.49. The van der Waals surface area contributed by atoms with Gasteiger partial charge >= 0.3 is 17.9 Å². The topological polar surface area (TPSA) is 105 Å². The van der Waals surface area contributed by atoms with Gasteiger partial charge in [0.1, 0.15) is 4.83 Å². The zero-order valence-corrected chi connectivity index (χ0v) is 22.8. The van der Waals surface area contributed by atoms with Gasteiger partial charge in [-0.1, -0.05) is 43.8 Å². The third-order valence-electron chi connectivity index (χ3n) is 5.93. The van der Waals surface area contributed by atoms with Gasteiger partial charge in [-0.25, -0.2) is 15.0 Å². The Morgan fingerprint density at radius 3 is 2.39 bits per heavy atom. The highest BCUT2D eigenvalue weighted by Crippen LogP contribution is 2.42. The van der Waals surface area contributed by atoms with Gasteiger partial charge in [0.25, 0.3) is 5.56 Å². The number of carbonyl (C=O) groups is 2. The van der Waals surface area contributed by atoms with E-state index in [1.54, 1.807) is 13.8 Å². The van der Waals surface area contributed by atoms with Crippen LogP contribution in [-0.4, -0.2) is 37.4 Å². The SMILES string of the molecule is CC(C)Cn1c(=O)n(C)c(=O)c2c(SC3NNC(=O)N3C(C)C)c(C(=O)c3ccccc3C(F)(F)F)sc21. The normalized spacial score (nSPS) is 16.2. The number of benzene rings is 1. The summed E-state index contributed by atoms with van der Waals surface area (Å²) in [5.41, 5.74) is 1.56. The van der Waals surface area contributed by atoms with Gasteiger partial charge in [-0.2, -0.15) is 13.2 Å². The number of halogens is 3. The van der Waals surface area contributed by atoms with Gasteiger partial charge in [-0.05, 0) is 25.8 Å². The zero-order valence-electron chi connectivity index (χ0n) is 21.2. The van der Waals surface area contributed by atoms with Gasteiger partial charge in [0.2, 0.25) is 5.78 Å². The molecule has 0 radical (unpaired) electrons. The number of thiophene rings is 1. The van der Waals surface area contributed by atoms with E-state index in [4.69, 9.17) is 0 Å². The lowest BCUT2D eigenvalue weighted by Gasteiger charge is -2.25. The minimum atomic E-state index is -4.79. The summed E-state index contributed by atoms with van der Waals surface area (Å²) in [6, 6.07) is 3.72. The van der Waals surface area contributed by atoms with E-state index in [1.807, 2.05) is 13.8 Å². The third kappa shape index (κ3) is 4.87. The number of alkyl halides is 3. The maximum Gasteiger partial charge on any atom is 0.417 e. The van der Waals surface area contributed by atoms with Crippen LogP contribution in [0.1, 0.15) is 48.5 Å². The van der Waals surface area contributed by atoms with E-state index in [0.29, 0.717) is 0 Å². The van der Waals surface area contributed by atoms with Crippen LogP contribution in [0.15, 0.2) is 38.8 Å². The van der Waals surface area contributed by atoms with Crippen molar-refractivity contribution in [1.29, 1.82) is 0 Å². The number of hydrogen-bond donors (Lipinski definition) is 2. The number of aromatic nitrogens is 2. The lowest BCUT2D eigenvalue weighted by atomic mass is 10.0. The molecule has 1 saturated heterocycles. The van der Waals surface area contributed by atoms with Crippen molar-refractivity contribution in [2.75, 3.05) is 0 Å². The summed E-state index contributed by atoms with van der Waals surface area (Å²) in [5, 5.41) is 0.0421. The van der Waals surface area contributed by atoms with Crippen LogP contribution < -0.4 is 22.1 Å². The summed E-state index contributed by atoms with van der Waals surface area (Å²) in [5.74, 6) is -0.938. The molecule has 1 atom stereocenters. The second kappa shape index (κ2) is 10.2. The van der Waals surface area contributed by atoms with Crippen molar-refractivity contribution in [3.63, 3.8) is 0 Å². The molecule has 2 N–H and O–H groups in total. The molecule has 0 saturated carbocycles. The van der Waals surface area contributed by atoms with Crippen LogP contribution >= 0.6 is 23.1 Å². The van der Waals surface area contributed by atoms with E-state index >= 15 is 0 Å². The van der Waals surface area contributed by atoms with Crippen molar-refractivity contribution >= 4 is 45.1 Å². The predicted molar refractivity (Wildman–Crippen MR) is 139 cm³/mol. The van der Waals surface area contributed by atoms with Gasteiger partial charge in [0, 0.05) is 30.1 Å². The largest absolute Gasteiger partial charge is 0.417 e. The lowest BCUT2D eigenvalue weighted by Crippen LogP contribution is -2.40. The van der Waals surface area contributed by atoms with Crippen molar-refractivity contribution in [2.24, 2.45) is 13.0 Å². The number of rotatable bonds is 7. The highest BCUT2D eigenvalue weighted by atomic mass is 32.2. The fraction of sp³-hybridized carbons (Fsp3) is 0.417. The first kappa shape index (κ1) is 27.9. The molecular weight excluding hydrogens is 543 g/mol. The molecule has 1 aromatic carbocycles. The van der Waals surface area contributed by atoms with Gasteiger partial charge < -0.3 is 0 Å². The van der Waals surface area contributed by atoms with Crippen LogP contribution in [0.2, 0.25) is 0 Å². The molecular formula is C24H26F3N5O4S2. The molecule has 14 heteroatoms. The van der Waals surface area contributed by atoms with Crippen molar-refractivity contribution in [3.8, 4) is 0 Å². The molecule has 2 amide bonds. The minimum Gasteiger partial charge on any atom is -0.295 e. The van der Waals surface area contributed by atoms with Gasteiger partial charge in [0.05, 0.1) is 15.8 Å². The monoisotopic (exact) mass is 569 g/mol. The number of urea groups is 1. The van der Waals surface area contributed by atoms with Crippen LogP contribution in [0.3, 0.4) is 0 Å². The summed E-state index contributed by atoms with van der Waals surface area (Å²) >= 11 is 1.76. The minimum absolute atomic E-state index is 0.00790. The number of nitrogens with zero attached hydrogens (tertiary/aromatic N) is 3. The fourth-order valence-electron chi connectivity index (χ4n) is 4.21. The Kier molecular flexibility index (Phi) is 7.51. The Bertz CT molecular complexity index is 1540. The number of carbonyl (C=O) groups excluding carboxylic acids is 2. The van der Waals surface area contributed by atoms with Crippen LogP contribution in [0, 0.1) is 5.92 Å². The molecule has 1 aliphatic rings. The van der Waals surface area contributed by atoms with Crippen LogP contribution in [0.4, 0.5) is 18.0 Å². The zero-order chi connectivity index (χ0) is 28.1. The van der Waals surface area contributed by atoms with E-state index in [2.05, 4.69) is 10.9 Å². The Labute approximate surface area is 223 Å². The Balaban J connectivity index is 2.03. The first-order valence-electron chi connectivity index (χ1n) is 11.7. The average Bonchev–Trinajstić information content (AvgIpc) is 3.40. The van der Waals surface area contributed by atoms with Crippen LogP contribution in [-0.2, 0) is 19.8 Å². The van der Waals surface area contributed by atoms with Gasteiger partial charge in [-0.15, -0.1) is 11.3 Å². The predicted octanol–water partition coefficient (Wildman–Crippen LogP) is 3.98. The quantitative estimate of drug-likeness (QED) is 0.417. The molecule has 9 nitrogen and oxygen atoms in total. The van der Waals surface area contributed by atoms with E-state index in [-0.39, 0.29) is 38.5 Å². The molecule has 38 heavy (non-hydrogen) atoms. The molecule has 1 aliphatic heterocycles. The Morgan fingerprint density at radius 2 is 1.79 bits per heavy atom. The highest BCUT2D eigenvalue weighted by molar-refractivity contribution is 8.00. The average molecular weight is 570 g/mol. The maximum atomic E-state index is 13.8. The number of amides is 2. The molecule has 204 valence electrons. The second-order valence-corrected chi connectivity index (χ2v) is 11.6. The van der Waals surface area contributed by atoms with Crippen molar-refractivity contribution in [1.82, 2.24) is 24.9 Å². The number of fused-ring (bicyclic) bond motifs is 1. The summed E-state index contributed by atoms with van der Waals surface area (Å²) < 4.78 is 43.7. The summed E-state index contributed by atoms with van der Waals surface area (Å²) in [6.07, 6.45) is -4.79. The molecule has 1 unspecified atom stereocenters. The van der Waals surface area contributed by atoms with Crippen LogP contribution in [0.25, 0.3) is 10.2 Å². The molecule has 3 aromatic rings. The van der Waals surface area contributed by atoms with Gasteiger partial charge in [0.15, 0.2) is 5.50 Å².